The van der Waals surface area contributed by atoms with Gasteiger partial charge < -0.3 is 4.98 Å². The number of hydrogen-bond donors (Lipinski definition) is 1. The fraction of sp³-hybridized carbons (Fsp3) is 0.444. The van der Waals surface area contributed by atoms with E-state index < -0.39 is 0 Å². The molecule has 1 aliphatic carbocycles. The highest BCUT2D eigenvalue weighted by Crippen LogP contribution is 2.20. The molecular weight excluding hydrogens is 276 g/mol. The zero-order chi connectivity index (χ0) is 14.8. The number of nitrogens with one attached hydrogen (secondary N) is 1. The van der Waals surface area contributed by atoms with Gasteiger partial charge in [0.1, 0.15) is 10.5 Å². The highest BCUT2D eigenvalue weighted by atomic mass is 32.1. The van der Waals surface area contributed by atoms with Gasteiger partial charge in [-0.1, -0.05) is 36.8 Å². The number of H-pyrrole nitrogens is 1. The molecule has 0 radical (unpaired) electrons. The monoisotopic (exact) mass is 298 g/mol. The van der Waals surface area contributed by atoms with Gasteiger partial charge in [-0.25, -0.2) is 4.98 Å². The Kier molecular flexibility index (Phi) is 4.20. The minimum atomic E-state index is 0.810. The first-order valence-corrected chi connectivity index (χ1v) is 8.21. The smallest absolute Gasteiger partial charge is 0.133 e. The van der Waals surface area contributed by atoms with Crippen molar-refractivity contribution in [2.75, 3.05) is 0 Å². The summed E-state index contributed by atoms with van der Waals surface area (Å²) in [6, 6.07) is 6.62. The third-order valence-electron chi connectivity index (χ3n) is 4.45. The molecule has 0 atom stereocenters. The first kappa shape index (κ1) is 14.5. The third-order valence-corrected chi connectivity index (χ3v) is 4.79. The van der Waals surface area contributed by atoms with E-state index in [1.807, 2.05) is 0 Å². The van der Waals surface area contributed by atoms with Crippen LogP contribution in [-0.4, -0.2) is 9.97 Å². The van der Waals surface area contributed by atoms with Gasteiger partial charge in [0.2, 0.25) is 0 Å². The highest BCUT2D eigenvalue weighted by Gasteiger charge is 2.12. The summed E-state index contributed by atoms with van der Waals surface area (Å²) >= 11 is 5.52. The molecule has 1 aromatic carbocycles. The SMILES string of the molecule is Cc1ccc(Cc2nc(=S)c3c([nH]2)CCCCC3)cc1C. The summed E-state index contributed by atoms with van der Waals surface area (Å²) in [7, 11) is 0. The summed E-state index contributed by atoms with van der Waals surface area (Å²) in [4.78, 5) is 8.19. The van der Waals surface area contributed by atoms with Crippen molar-refractivity contribution < 1.29 is 0 Å². The number of aromatic nitrogens is 2. The van der Waals surface area contributed by atoms with Crippen molar-refractivity contribution in [1.29, 1.82) is 0 Å². The van der Waals surface area contributed by atoms with Gasteiger partial charge in [0, 0.05) is 17.7 Å². The molecule has 0 unspecified atom stereocenters. The fourth-order valence-corrected chi connectivity index (χ4v) is 3.37. The first-order chi connectivity index (χ1) is 10.1. The molecule has 1 N–H and O–H groups in total. The van der Waals surface area contributed by atoms with Gasteiger partial charge in [-0.2, -0.15) is 0 Å². The Morgan fingerprint density at radius 3 is 2.71 bits per heavy atom. The van der Waals surface area contributed by atoms with E-state index in [9.17, 15) is 0 Å². The Morgan fingerprint density at radius 2 is 1.90 bits per heavy atom. The summed E-state index contributed by atoms with van der Waals surface area (Å²) in [5.41, 5.74) is 6.57. The number of hydrogen-bond acceptors (Lipinski definition) is 2. The van der Waals surface area contributed by atoms with E-state index >= 15 is 0 Å². The quantitative estimate of drug-likeness (QED) is 0.647. The second-order valence-electron chi connectivity index (χ2n) is 6.10. The van der Waals surface area contributed by atoms with Crippen molar-refractivity contribution >= 4 is 12.2 Å². The van der Waals surface area contributed by atoms with E-state index in [2.05, 4.69) is 42.0 Å². The molecule has 21 heavy (non-hydrogen) atoms. The van der Waals surface area contributed by atoms with Gasteiger partial charge in [-0.05, 0) is 56.2 Å². The summed E-state index contributed by atoms with van der Waals surface area (Å²) in [5.74, 6) is 1.00. The van der Waals surface area contributed by atoms with Crippen molar-refractivity contribution in [2.45, 2.75) is 52.4 Å². The minimum absolute atomic E-state index is 0.810. The average molecular weight is 298 g/mol. The van der Waals surface area contributed by atoms with Crippen LogP contribution in [0.4, 0.5) is 0 Å². The standard InChI is InChI=1S/C18H22N2S/c1-12-8-9-14(10-13(12)2)11-17-19-16-7-5-3-4-6-15(16)18(21)20-17/h8-10H,3-7,11H2,1-2H3,(H,19,20,21). The van der Waals surface area contributed by atoms with Crippen LogP contribution in [0.2, 0.25) is 0 Å². The summed E-state index contributed by atoms with van der Waals surface area (Å²) < 4.78 is 0.810. The van der Waals surface area contributed by atoms with Crippen LogP contribution < -0.4 is 0 Å². The maximum Gasteiger partial charge on any atom is 0.133 e. The molecule has 110 valence electrons. The van der Waals surface area contributed by atoms with Crippen LogP contribution in [0, 0.1) is 18.5 Å². The summed E-state index contributed by atoms with van der Waals surface area (Å²) in [6.07, 6.45) is 6.82. The Labute approximate surface area is 131 Å². The molecule has 1 heterocycles. The van der Waals surface area contributed by atoms with Crippen molar-refractivity contribution in [3.63, 3.8) is 0 Å². The number of benzene rings is 1. The van der Waals surface area contributed by atoms with E-state index in [0.29, 0.717) is 0 Å². The van der Waals surface area contributed by atoms with Crippen LogP contribution in [-0.2, 0) is 19.3 Å². The van der Waals surface area contributed by atoms with Gasteiger partial charge in [-0.3, -0.25) is 0 Å². The van der Waals surface area contributed by atoms with E-state index in [1.165, 1.54) is 47.2 Å². The zero-order valence-electron chi connectivity index (χ0n) is 12.8. The van der Waals surface area contributed by atoms with Crippen molar-refractivity contribution in [1.82, 2.24) is 9.97 Å². The lowest BCUT2D eigenvalue weighted by Gasteiger charge is -2.10. The van der Waals surface area contributed by atoms with Crippen molar-refractivity contribution in [3.8, 4) is 0 Å². The molecule has 1 aliphatic rings. The largest absolute Gasteiger partial charge is 0.347 e. The van der Waals surface area contributed by atoms with Crippen LogP contribution in [0.15, 0.2) is 18.2 Å². The Hall–Kier alpha value is -1.48. The molecule has 0 saturated heterocycles. The number of fused-ring (bicyclic) bond motifs is 1. The molecule has 2 aromatic rings. The molecule has 0 spiro atoms. The second kappa shape index (κ2) is 6.10. The maximum absolute atomic E-state index is 5.52. The third kappa shape index (κ3) is 3.24. The first-order valence-electron chi connectivity index (χ1n) is 7.80. The van der Waals surface area contributed by atoms with Crippen LogP contribution in [0.5, 0.6) is 0 Å². The predicted molar refractivity (Wildman–Crippen MR) is 89.4 cm³/mol. The summed E-state index contributed by atoms with van der Waals surface area (Å²) in [5, 5.41) is 0. The molecule has 1 aromatic heterocycles. The topological polar surface area (TPSA) is 28.7 Å². The molecule has 3 heteroatoms. The molecular formula is C18H22N2S. The average Bonchev–Trinajstić information content (AvgIpc) is 2.69. The lowest BCUT2D eigenvalue weighted by molar-refractivity contribution is 0.708. The molecule has 0 fully saturated rings. The number of aromatic amines is 1. The Morgan fingerprint density at radius 1 is 1.10 bits per heavy atom. The van der Waals surface area contributed by atoms with Crippen LogP contribution in [0.1, 0.15) is 53.0 Å². The summed E-state index contributed by atoms with van der Waals surface area (Å²) in [6.45, 7) is 4.30. The van der Waals surface area contributed by atoms with Crippen molar-refractivity contribution in [3.05, 3.63) is 56.6 Å². The number of rotatable bonds is 2. The molecule has 3 rings (SSSR count). The van der Waals surface area contributed by atoms with Crippen LogP contribution in [0.3, 0.4) is 0 Å². The van der Waals surface area contributed by atoms with E-state index in [-0.39, 0.29) is 0 Å². The minimum Gasteiger partial charge on any atom is -0.347 e. The van der Waals surface area contributed by atoms with Gasteiger partial charge in [0.25, 0.3) is 0 Å². The molecule has 0 aliphatic heterocycles. The molecule has 0 amide bonds. The molecule has 0 bridgehead atoms. The van der Waals surface area contributed by atoms with E-state index in [4.69, 9.17) is 12.2 Å². The highest BCUT2D eigenvalue weighted by molar-refractivity contribution is 7.71. The Bertz CT molecular complexity index is 716. The van der Waals surface area contributed by atoms with Crippen molar-refractivity contribution in [2.24, 2.45) is 0 Å². The predicted octanol–water partition coefficient (Wildman–Crippen LogP) is 4.62. The van der Waals surface area contributed by atoms with Gasteiger partial charge >= 0.3 is 0 Å². The van der Waals surface area contributed by atoms with E-state index in [0.717, 1.165) is 29.7 Å². The van der Waals surface area contributed by atoms with Crippen LogP contribution in [0.25, 0.3) is 0 Å². The Balaban J connectivity index is 1.92. The number of nitrogens with zero attached hydrogens (tertiary/aromatic N) is 1. The van der Waals surface area contributed by atoms with Crippen LogP contribution >= 0.6 is 12.2 Å². The van der Waals surface area contributed by atoms with Gasteiger partial charge in [0.15, 0.2) is 0 Å². The van der Waals surface area contributed by atoms with E-state index in [1.54, 1.807) is 0 Å². The lowest BCUT2D eigenvalue weighted by Crippen LogP contribution is -2.05. The normalized spacial score (nSPS) is 14.6. The maximum atomic E-state index is 5.52. The second-order valence-corrected chi connectivity index (χ2v) is 6.49. The lowest BCUT2D eigenvalue weighted by atomic mass is 10.0. The fourth-order valence-electron chi connectivity index (χ4n) is 3.04. The van der Waals surface area contributed by atoms with Gasteiger partial charge in [-0.15, -0.1) is 0 Å². The van der Waals surface area contributed by atoms with Gasteiger partial charge in [0.05, 0.1) is 0 Å². The molecule has 0 saturated carbocycles. The number of aryl methyl sites for hydroxylation is 3. The molecule has 2 nitrogen and oxygen atoms in total. The zero-order valence-corrected chi connectivity index (χ0v) is 13.6.